The van der Waals surface area contributed by atoms with E-state index >= 15 is 0 Å². The Kier molecular flexibility index (Phi) is 2.52. The lowest BCUT2D eigenvalue weighted by Gasteiger charge is -2.01. The number of halogens is 5. The van der Waals surface area contributed by atoms with Gasteiger partial charge in [0.2, 0.25) is 5.95 Å². The molecule has 0 aromatic carbocycles. The molecular formula is C6H2ClF4N. The Morgan fingerprint density at radius 2 is 1.92 bits per heavy atom. The zero-order valence-corrected chi connectivity index (χ0v) is 6.25. The fourth-order valence-corrected chi connectivity index (χ4v) is 0.831. The van der Waals surface area contributed by atoms with Crippen LogP contribution in [0.3, 0.4) is 0 Å². The molecule has 0 atom stereocenters. The Morgan fingerprint density at radius 1 is 1.33 bits per heavy atom. The first kappa shape index (κ1) is 9.25. The largest absolute Gasteiger partial charge is 0.281 e. The summed E-state index contributed by atoms with van der Waals surface area (Å²) >= 11 is 5.15. The summed E-state index contributed by atoms with van der Waals surface area (Å²) in [5, 5.41) is -0.580. The summed E-state index contributed by atoms with van der Waals surface area (Å²) < 4.78 is 48.3. The van der Waals surface area contributed by atoms with Gasteiger partial charge in [-0.2, -0.15) is 4.39 Å². The number of hydrogen-bond acceptors (Lipinski definition) is 1. The van der Waals surface area contributed by atoms with E-state index in [4.69, 9.17) is 11.6 Å². The van der Waals surface area contributed by atoms with Crippen LogP contribution < -0.4 is 0 Å². The Bertz CT molecular complexity index is 302. The maximum atomic E-state index is 12.3. The van der Waals surface area contributed by atoms with E-state index in [-0.39, 0.29) is 0 Å². The standard InChI is InChI=1S/C6H2ClF4N/c7-2-1-3(8)6(11)12-4(2)5(9)10/h1,5H. The van der Waals surface area contributed by atoms with Gasteiger partial charge in [-0.15, -0.1) is 0 Å². The van der Waals surface area contributed by atoms with Crippen molar-refractivity contribution in [1.82, 2.24) is 4.98 Å². The van der Waals surface area contributed by atoms with Crippen molar-refractivity contribution in [2.75, 3.05) is 0 Å². The maximum Gasteiger partial charge on any atom is 0.281 e. The van der Waals surface area contributed by atoms with Gasteiger partial charge < -0.3 is 0 Å². The number of alkyl halides is 2. The molecule has 0 saturated heterocycles. The van der Waals surface area contributed by atoms with Crippen LogP contribution in [0.1, 0.15) is 12.1 Å². The molecule has 0 spiro atoms. The van der Waals surface area contributed by atoms with E-state index in [0.717, 1.165) is 0 Å². The van der Waals surface area contributed by atoms with Crippen LogP contribution in [0.2, 0.25) is 5.02 Å². The molecule has 1 nitrogen and oxygen atoms in total. The lowest BCUT2D eigenvalue weighted by molar-refractivity contribution is 0.144. The average molecular weight is 200 g/mol. The summed E-state index contributed by atoms with van der Waals surface area (Å²) in [6.07, 6.45) is -3.01. The van der Waals surface area contributed by atoms with Gasteiger partial charge >= 0.3 is 0 Å². The van der Waals surface area contributed by atoms with E-state index in [1.54, 1.807) is 0 Å². The predicted octanol–water partition coefficient (Wildman–Crippen LogP) is 2.95. The van der Waals surface area contributed by atoms with E-state index < -0.39 is 28.9 Å². The van der Waals surface area contributed by atoms with Gasteiger partial charge in [-0.3, -0.25) is 0 Å². The summed E-state index contributed by atoms with van der Waals surface area (Å²) in [5.41, 5.74) is -0.949. The third-order valence-electron chi connectivity index (χ3n) is 1.12. The molecule has 1 aromatic heterocycles. The number of rotatable bonds is 1. The predicted molar refractivity (Wildman–Crippen MR) is 34.1 cm³/mol. The Hall–Kier alpha value is -0.840. The average Bonchev–Trinajstić information content (AvgIpc) is 1.96. The fraction of sp³-hybridized carbons (Fsp3) is 0.167. The summed E-state index contributed by atoms with van der Waals surface area (Å²) in [7, 11) is 0. The van der Waals surface area contributed by atoms with Crippen LogP contribution >= 0.6 is 11.6 Å². The van der Waals surface area contributed by atoms with Crippen LogP contribution in [0, 0.1) is 11.8 Å². The molecule has 0 aliphatic heterocycles. The molecule has 0 fully saturated rings. The van der Waals surface area contributed by atoms with E-state index in [1.165, 1.54) is 0 Å². The minimum atomic E-state index is -3.01. The fourth-order valence-electron chi connectivity index (χ4n) is 0.610. The van der Waals surface area contributed by atoms with Crippen LogP contribution in [0.15, 0.2) is 6.07 Å². The van der Waals surface area contributed by atoms with Crippen molar-refractivity contribution in [1.29, 1.82) is 0 Å². The smallest absolute Gasteiger partial charge is 0.215 e. The van der Waals surface area contributed by atoms with E-state index in [2.05, 4.69) is 4.98 Å². The molecule has 12 heavy (non-hydrogen) atoms. The second kappa shape index (κ2) is 3.26. The molecule has 0 unspecified atom stereocenters. The third kappa shape index (κ3) is 1.66. The van der Waals surface area contributed by atoms with Crippen molar-refractivity contribution in [2.45, 2.75) is 6.43 Å². The molecule has 66 valence electrons. The highest BCUT2D eigenvalue weighted by atomic mass is 35.5. The number of hydrogen-bond donors (Lipinski definition) is 0. The molecule has 0 saturated carbocycles. The molecule has 0 amide bonds. The first-order valence-electron chi connectivity index (χ1n) is 2.82. The molecule has 0 bridgehead atoms. The van der Waals surface area contributed by atoms with Gasteiger partial charge in [0.1, 0.15) is 5.69 Å². The van der Waals surface area contributed by atoms with Gasteiger partial charge in [-0.1, -0.05) is 11.6 Å². The SMILES string of the molecule is Fc1cc(Cl)c(C(F)F)nc1F. The number of nitrogens with zero attached hydrogens (tertiary/aromatic N) is 1. The molecule has 6 heteroatoms. The minimum absolute atomic E-state index is 0.464. The molecule has 0 radical (unpaired) electrons. The van der Waals surface area contributed by atoms with E-state index in [0.29, 0.717) is 6.07 Å². The topological polar surface area (TPSA) is 12.9 Å². The van der Waals surface area contributed by atoms with Crippen LogP contribution in [-0.4, -0.2) is 4.98 Å². The van der Waals surface area contributed by atoms with Crippen molar-refractivity contribution in [3.05, 3.63) is 28.5 Å². The molecule has 0 aliphatic carbocycles. The molecular weight excluding hydrogens is 198 g/mol. The summed E-state index contributed by atoms with van der Waals surface area (Å²) in [6.45, 7) is 0. The summed E-state index contributed by atoms with van der Waals surface area (Å²) in [4.78, 5) is 2.65. The monoisotopic (exact) mass is 199 g/mol. The van der Waals surface area contributed by atoms with Crippen molar-refractivity contribution < 1.29 is 17.6 Å². The first-order chi connectivity index (χ1) is 5.52. The van der Waals surface area contributed by atoms with Crippen molar-refractivity contribution in [3.8, 4) is 0 Å². The second-order valence-electron chi connectivity index (χ2n) is 1.93. The van der Waals surface area contributed by atoms with Crippen LogP contribution in [0.25, 0.3) is 0 Å². The third-order valence-corrected chi connectivity index (χ3v) is 1.42. The zero-order chi connectivity index (χ0) is 9.30. The van der Waals surface area contributed by atoms with Gasteiger partial charge in [0.15, 0.2) is 5.82 Å². The molecule has 0 aliphatic rings. The molecule has 1 aromatic rings. The Labute approximate surface area is 70.0 Å². The van der Waals surface area contributed by atoms with Crippen molar-refractivity contribution in [3.63, 3.8) is 0 Å². The van der Waals surface area contributed by atoms with Crippen LogP contribution in [0.5, 0.6) is 0 Å². The highest BCUT2D eigenvalue weighted by Crippen LogP contribution is 2.25. The van der Waals surface area contributed by atoms with Crippen LogP contribution in [0.4, 0.5) is 17.6 Å². The van der Waals surface area contributed by atoms with E-state index in [9.17, 15) is 17.6 Å². The highest BCUT2D eigenvalue weighted by Gasteiger charge is 2.17. The van der Waals surface area contributed by atoms with Crippen LogP contribution in [-0.2, 0) is 0 Å². The van der Waals surface area contributed by atoms with E-state index in [1.807, 2.05) is 0 Å². The second-order valence-corrected chi connectivity index (χ2v) is 2.34. The van der Waals surface area contributed by atoms with Gasteiger partial charge in [0.25, 0.3) is 6.43 Å². The zero-order valence-electron chi connectivity index (χ0n) is 5.49. The lowest BCUT2D eigenvalue weighted by atomic mass is 10.3. The quantitative estimate of drug-likeness (QED) is 0.501. The van der Waals surface area contributed by atoms with Gasteiger partial charge in [0.05, 0.1) is 5.02 Å². The first-order valence-corrected chi connectivity index (χ1v) is 3.19. The minimum Gasteiger partial charge on any atom is -0.215 e. The Balaban J connectivity index is 3.23. The molecule has 1 rings (SSSR count). The normalized spacial score (nSPS) is 10.8. The van der Waals surface area contributed by atoms with Crippen molar-refractivity contribution >= 4 is 11.6 Å². The van der Waals surface area contributed by atoms with Gasteiger partial charge in [-0.25, -0.2) is 18.2 Å². The Morgan fingerprint density at radius 3 is 2.42 bits per heavy atom. The lowest BCUT2D eigenvalue weighted by Crippen LogP contribution is -1.97. The molecule has 0 N–H and O–H groups in total. The van der Waals surface area contributed by atoms with Gasteiger partial charge in [0, 0.05) is 0 Å². The number of aromatic nitrogens is 1. The van der Waals surface area contributed by atoms with Crippen molar-refractivity contribution in [2.24, 2.45) is 0 Å². The number of pyridine rings is 1. The van der Waals surface area contributed by atoms with Gasteiger partial charge in [-0.05, 0) is 6.07 Å². The molecule has 1 heterocycles. The highest BCUT2D eigenvalue weighted by molar-refractivity contribution is 6.31. The summed E-state index contributed by atoms with van der Waals surface area (Å²) in [6, 6.07) is 0.464. The maximum absolute atomic E-state index is 12.3. The summed E-state index contributed by atoms with van der Waals surface area (Å²) in [5.74, 6) is -2.92.